The maximum atomic E-state index is 2.72. The normalized spacial score (nSPS) is 22.3. The van der Waals surface area contributed by atoms with Crippen LogP contribution in [-0.2, 0) is 0 Å². The first-order valence-corrected chi connectivity index (χ1v) is 19.4. The van der Waals surface area contributed by atoms with Crippen LogP contribution in [0.3, 0.4) is 0 Å². The average molecular weight is 355 g/mol. The van der Waals surface area contributed by atoms with Gasteiger partial charge in [0.15, 0.2) is 0 Å². The summed E-state index contributed by atoms with van der Waals surface area (Å²) >= 11 is 0. The molecule has 2 aromatic rings. The highest BCUT2D eigenvalue weighted by Crippen LogP contribution is 2.39. The molecule has 1 aliphatic rings. The SMILES string of the molecule is C[Si]1(C)CCCC[Si](C)(C)[Si]1(c1ccccc1)c1ccccc1. The number of rotatable bonds is 2. The molecule has 122 valence electrons. The monoisotopic (exact) mass is 354 g/mol. The number of hydrogen-bond acceptors (Lipinski definition) is 0. The van der Waals surface area contributed by atoms with E-state index in [2.05, 4.69) is 86.9 Å². The van der Waals surface area contributed by atoms with Crippen LogP contribution in [0.4, 0.5) is 0 Å². The molecule has 0 nitrogen and oxygen atoms in total. The predicted octanol–water partition coefficient (Wildman–Crippen LogP) is 4.62. The minimum absolute atomic E-state index is 1.34. The fourth-order valence-electron chi connectivity index (χ4n) is 5.53. The van der Waals surface area contributed by atoms with Crippen LogP contribution in [0, 0.1) is 0 Å². The van der Waals surface area contributed by atoms with Crippen LogP contribution in [-0.4, -0.2) is 22.3 Å². The van der Waals surface area contributed by atoms with Gasteiger partial charge in [-0.2, -0.15) is 0 Å². The summed E-state index contributed by atoms with van der Waals surface area (Å²) in [5.74, 6) is 0. The highest BCUT2D eigenvalue weighted by Gasteiger charge is 2.60. The minimum Gasteiger partial charge on any atom is -0.0709 e. The van der Waals surface area contributed by atoms with Gasteiger partial charge in [0, 0.05) is 15.2 Å². The van der Waals surface area contributed by atoms with Gasteiger partial charge in [-0.3, -0.25) is 0 Å². The van der Waals surface area contributed by atoms with Crippen molar-refractivity contribution < 1.29 is 0 Å². The molecule has 1 heterocycles. The summed E-state index contributed by atoms with van der Waals surface area (Å²) in [4.78, 5) is 0. The Morgan fingerprint density at radius 1 is 0.565 bits per heavy atom. The molecule has 2 aromatic carbocycles. The van der Waals surface area contributed by atoms with Crippen LogP contribution in [0.15, 0.2) is 60.7 Å². The van der Waals surface area contributed by atoms with Gasteiger partial charge in [0.1, 0.15) is 7.11 Å². The van der Waals surface area contributed by atoms with Crippen molar-refractivity contribution >= 4 is 32.7 Å². The maximum Gasteiger partial charge on any atom is 0.104 e. The molecule has 0 amide bonds. The van der Waals surface area contributed by atoms with E-state index in [0.29, 0.717) is 0 Å². The first kappa shape index (κ1) is 16.9. The van der Waals surface area contributed by atoms with E-state index in [1.54, 1.807) is 10.4 Å². The molecular weight excluding hydrogens is 324 g/mol. The third kappa shape index (κ3) is 2.63. The van der Waals surface area contributed by atoms with E-state index in [1.165, 1.54) is 24.9 Å². The van der Waals surface area contributed by atoms with Crippen molar-refractivity contribution in [2.24, 2.45) is 0 Å². The molecule has 0 radical (unpaired) electrons. The minimum atomic E-state index is -1.66. The van der Waals surface area contributed by atoms with Crippen molar-refractivity contribution in [2.75, 3.05) is 0 Å². The van der Waals surface area contributed by atoms with Gasteiger partial charge in [-0.25, -0.2) is 0 Å². The number of hydrogen-bond donors (Lipinski definition) is 0. The van der Waals surface area contributed by atoms with Crippen LogP contribution in [0.1, 0.15) is 12.8 Å². The molecule has 0 saturated carbocycles. The largest absolute Gasteiger partial charge is 0.104 e. The molecule has 23 heavy (non-hydrogen) atoms. The Morgan fingerprint density at radius 3 is 1.26 bits per heavy atom. The van der Waals surface area contributed by atoms with Gasteiger partial charge in [-0.05, 0) is 0 Å². The van der Waals surface area contributed by atoms with Crippen LogP contribution >= 0.6 is 0 Å². The van der Waals surface area contributed by atoms with Gasteiger partial charge in [0.2, 0.25) is 0 Å². The van der Waals surface area contributed by atoms with E-state index in [4.69, 9.17) is 0 Å². The molecule has 3 rings (SSSR count). The van der Waals surface area contributed by atoms with Gasteiger partial charge >= 0.3 is 0 Å². The maximum absolute atomic E-state index is 2.72. The van der Waals surface area contributed by atoms with Crippen LogP contribution < -0.4 is 10.4 Å². The van der Waals surface area contributed by atoms with Crippen molar-refractivity contribution in [1.29, 1.82) is 0 Å². The van der Waals surface area contributed by atoms with Gasteiger partial charge in [0.25, 0.3) is 0 Å². The molecule has 0 spiro atoms. The van der Waals surface area contributed by atoms with Gasteiger partial charge < -0.3 is 0 Å². The van der Waals surface area contributed by atoms with E-state index in [-0.39, 0.29) is 0 Å². The smallest absolute Gasteiger partial charge is 0.0709 e. The fraction of sp³-hybridized carbons (Fsp3) is 0.400. The summed E-state index contributed by atoms with van der Waals surface area (Å²) < 4.78 is 0. The predicted molar refractivity (Wildman–Crippen MR) is 112 cm³/mol. The molecule has 1 fully saturated rings. The van der Waals surface area contributed by atoms with Gasteiger partial charge in [0.05, 0.1) is 0 Å². The molecule has 3 heteroatoms. The van der Waals surface area contributed by atoms with Gasteiger partial charge in [-0.1, -0.05) is 122 Å². The lowest BCUT2D eigenvalue weighted by molar-refractivity contribution is 0.865. The second kappa shape index (κ2) is 6.19. The summed E-state index contributed by atoms with van der Waals surface area (Å²) in [5, 5.41) is 3.47. The van der Waals surface area contributed by atoms with Gasteiger partial charge in [-0.15, -0.1) is 0 Å². The third-order valence-corrected chi connectivity index (χ3v) is 45.3. The summed E-state index contributed by atoms with van der Waals surface area (Å²) in [6.07, 6.45) is 2.92. The lowest BCUT2D eigenvalue weighted by atomic mass is 10.4. The molecule has 0 bridgehead atoms. The fourth-order valence-corrected chi connectivity index (χ4v) is 54.1. The van der Waals surface area contributed by atoms with Crippen LogP contribution in [0.5, 0.6) is 0 Å². The van der Waals surface area contributed by atoms with E-state index >= 15 is 0 Å². The first-order valence-electron chi connectivity index (χ1n) is 9.03. The highest BCUT2D eigenvalue weighted by molar-refractivity contribution is 7.77. The first-order chi connectivity index (χ1) is 10.9. The van der Waals surface area contributed by atoms with E-state index < -0.39 is 22.3 Å². The van der Waals surface area contributed by atoms with E-state index in [0.717, 1.165) is 0 Å². The second-order valence-corrected chi connectivity index (χ2v) is 33.8. The molecular formula is C20H30Si3. The standard InChI is InChI=1S/C20H30Si3/c1-21(2)17-11-12-18-22(3,4)23(21,19-13-7-5-8-14-19)20-15-9-6-10-16-20/h5-10,13-16H,11-12,17-18H2,1-4H3. The molecule has 0 aliphatic carbocycles. The zero-order valence-electron chi connectivity index (χ0n) is 15.1. The van der Waals surface area contributed by atoms with Crippen molar-refractivity contribution in [2.45, 2.75) is 51.1 Å². The Morgan fingerprint density at radius 2 is 0.913 bits per heavy atom. The highest BCUT2D eigenvalue weighted by atomic mass is 29.6. The van der Waals surface area contributed by atoms with Crippen LogP contribution in [0.25, 0.3) is 0 Å². The molecule has 0 atom stereocenters. The Labute approximate surface area is 144 Å². The average Bonchev–Trinajstić information content (AvgIpc) is 2.63. The Kier molecular flexibility index (Phi) is 4.56. The quantitative estimate of drug-likeness (QED) is 0.691. The van der Waals surface area contributed by atoms with Crippen molar-refractivity contribution in [1.82, 2.24) is 0 Å². The Balaban J connectivity index is 2.38. The molecule has 1 saturated heterocycles. The van der Waals surface area contributed by atoms with Crippen molar-refractivity contribution in [3.63, 3.8) is 0 Å². The molecule has 0 N–H and O–H groups in total. The summed E-state index contributed by atoms with van der Waals surface area (Å²) in [7, 11) is -4.34. The summed E-state index contributed by atoms with van der Waals surface area (Å²) in [6, 6.07) is 26.5. The third-order valence-electron chi connectivity index (χ3n) is 6.30. The summed E-state index contributed by atoms with van der Waals surface area (Å²) in [6.45, 7) is 10.9. The topological polar surface area (TPSA) is 0 Å². The molecule has 0 aromatic heterocycles. The summed E-state index contributed by atoms with van der Waals surface area (Å²) in [5.41, 5.74) is 0. The van der Waals surface area contributed by atoms with E-state index in [9.17, 15) is 0 Å². The van der Waals surface area contributed by atoms with E-state index in [1.807, 2.05) is 0 Å². The molecule has 0 unspecified atom stereocenters. The zero-order valence-corrected chi connectivity index (χ0v) is 18.1. The molecule has 1 aliphatic heterocycles. The number of benzene rings is 2. The Bertz CT molecular complexity index is 588. The lowest BCUT2D eigenvalue weighted by Gasteiger charge is -2.52. The van der Waals surface area contributed by atoms with Crippen molar-refractivity contribution in [3.8, 4) is 0 Å². The zero-order chi connectivity index (χ0) is 16.6. The van der Waals surface area contributed by atoms with Crippen LogP contribution in [0.2, 0.25) is 38.3 Å². The lowest BCUT2D eigenvalue weighted by Crippen LogP contribution is -2.85. The Hall–Kier alpha value is -0.909. The second-order valence-electron chi connectivity index (χ2n) is 8.46. The van der Waals surface area contributed by atoms with Crippen molar-refractivity contribution in [3.05, 3.63) is 60.7 Å².